The van der Waals surface area contributed by atoms with Crippen LogP contribution in [-0.4, -0.2) is 28.2 Å². The van der Waals surface area contributed by atoms with Crippen LogP contribution in [0, 0.1) is 0 Å². The number of halogens is 5. The Morgan fingerprint density at radius 3 is 2.41 bits per heavy atom. The van der Waals surface area contributed by atoms with E-state index in [4.69, 9.17) is 0 Å². The average Bonchev–Trinajstić information content (AvgIpc) is 2.97. The molecule has 8 heteroatoms. The van der Waals surface area contributed by atoms with Gasteiger partial charge in [-0.25, -0.2) is 13.8 Å². The summed E-state index contributed by atoms with van der Waals surface area (Å²) in [6, 6.07) is 10.8. The maximum Gasteiger partial charge on any atom is 0.429 e. The Bertz CT molecular complexity index is 966. The SMILES string of the molecule is CCSc1ccccc1-c1nc2ccc(C(F)(CF)C(F)(F)F)cc2n1C. The molecule has 0 saturated carbocycles. The number of nitrogens with zero attached hydrogens (tertiary/aromatic N) is 2. The van der Waals surface area contributed by atoms with Crippen LogP contribution < -0.4 is 0 Å². The van der Waals surface area contributed by atoms with E-state index < -0.39 is 24.1 Å². The first-order valence-electron chi connectivity index (χ1n) is 8.23. The molecule has 0 aliphatic heterocycles. The molecule has 0 aliphatic carbocycles. The Labute approximate surface area is 157 Å². The number of alkyl halides is 5. The zero-order valence-electron chi connectivity index (χ0n) is 14.6. The number of fused-ring (bicyclic) bond motifs is 1. The van der Waals surface area contributed by atoms with E-state index in [9.17, 15) is 22.0 Å². The lowest BCUT2D eigenvalue weighted by Gasteiger charge is -2.25. The lowest BCUT2D eigenvalue weighted by atomic mass is 9.96. The van der Waals surface area contributed by atoms with Crippen LogP contribution in [0.5, 0.6) is 0 Å². The van der Waals surface area contributed by atoms with Crippen molar-refractivity contribution in [1.82, 2.24) is 9.55 Å². The minimum absolute atomic E-state index is 0.304. The zero-order valence-corrected chi connectivity index (χ0v) is 15.5. The van der Waals surface area contributed by atoms with Gasteiger partial charge in [-0.3, -0.25) is 0 Å². The lowest BCUT2D eigenvalue weighted by Crippen LogP contribution is -2.40. The minimum atomic E-state index is -5.35. The molecule has 1 heterocycles. The number of hydrogen-bond acceptors (Lipinski definition) is 2. The molecule has 1 unspecified atom stereocenters. The quantitative estimate of drug-likeness (QED) is 0.383. The first kappa shape index (κ1) is 19.7. The summed E-state index contributed by atoms with van der Waals surface area (Å²) >= 11 is 1.62. The molecule has 0 bridgehead atoms. The smallest absolute Gasteiger partial charge is 0.327 e. The molecule has 1 atom stereocenters. The van der Waals surface area contributed by atoms with E-state index in [1.165, 1.54) is 6.07 Å². The Hall–Kier alpha value is -2.09. The molecule has 0 N–H and O–H groups in total. The third-order valence-corrected chi connectivity index (χ3v) is 5.36. The number of aryl methyl sites for hydroxylation is 1. The van der Waals surface area contributed by atoms with Gasteiger partial charge < -0.3 is 4.57 Å². The van der Waals surface area contributed by atoms with Gasteiger partial charge in [-0.1, -0.05) is 31.2 Å². The van der Waals surface area contributed by atoms with E-state index in [1.807, 2.05) is 31.2 Å². The van der Waals surface area contributed by atoms with Crippen molar-refractivity contribution in [3.63, 3.8) is 0 Å². The fourth-order valence-electron chi connectivity index (χ4n) is 2.93. The van der Waals surface area contributed by atoms with Gasteiger partial charge in [0.25, 0.3) is 5.67 Å². The lowest BCUT2D eigenvalue weighted by molar-refractivity contribution is -0.240. The summed E-state index contributed by atoms with van der Waals surface area (Å²) in [4.78, 5) is 5.47. The maximum atomic E-state index is 14.4. The van der Waals surface area contributed by atoms with Crippen LogP contribution in [0.15, 0.2) is 47.4 Å². The van der Waals surface area contributed by atoms with Crippen LogP contribution in [0.3, 0.4) is 0 Å². The van der Waals surface area contributed by atoms with Crippen LogP contribution in [0.25, 0.3) is 22.4 Å². The molecule has 3 aromatic rings. The topological polar surface area (TPSA) is 17.8 Å². The third kappa shape index (κ3) is 3.31. The van der Waals surface area contributed by atoms with Crippen molar-refractivity contribution in [2.45, 2.75) is 23.7 Å². The highest BCUT2D eigenvalue weighted by Crippen LogP contribution is 2.44. The van der Waals surface area contributed by atoms with E-state index in [1.54, 1.807) is 23.4 Å². The Morgan fingerprint density at radius 2 is 1.78 bits per heavy atom. The maximum absolute atomic E-state index is 14.4. The molecular weight excluding hydrogens is 383 g/mol. The first-order valence-corrected chi connectivity index (χ1v) is 9.22. The van der Waals surface area contributed by atoms with Crippen LogP contribution in [0.4, 0.5) is 22.0 Å². The summed E-state index contributed by atoms with van der Waals surface area (Å²) in [5.74, 6) is 1.40. The molecule has 0 saturated heterocycles. The van der Waals surface area contributed by atoms with Gasteiger partial charge >= 0.3 is 6.18 Å². The fraction of sp³-hybridized carbons (Fsp3) is 0.316. The molecule has 0 amide bonds. The van der Waals surface area contributed by atoms with E-state index in [-0.39, 0.29) is 0 Å². The highest BCUT2D eigenvalue weighted by atomic mass is 32.2. The van der Waals surface area contributed by atoms with Gasteiger partial charge in [0, 0.05) is 23.1 Å². The largest absolute Gasteiger partial charge is 0.429 e. The summed E-state index contributed by atoms with van der Waals surface area (Å²) in [5, 5.41) is 0. The molecule has 0 fully saturated rings. The van der Waals surface area contributed by atoms with Gasteiger partial charge in [0.05, 0.1) is 11.0 Å². The minimum Gasteiger partial charge on any atom is -0.327 e. The molecule has 0 radical (unpaired) electrons. The molecule has 0 aliphatic rings. The second kappa shape index (κ2) is 7.14. The van der Waals surface area contributed by atoms with E-state index in [0.29, 0.717) is 16.9 Å². The highest BCUT2D eigenvalue weighted by molar-refractivity contribution is 7.99. The van der Waals surface area contributed by atoms with Gasteiger partial charge in [0.2, 0.25) is 0 Å². The summed E-state index contributed by atoms with van der Waals surface area (Å²) < 4.78 is 68.2. The van der Waals surface area contributed by atoms with Crippen molar-refractivity contribution < 1.29 is 22.0 Å². The monoisotopic (exact) mass is 400 g/mol. The van der Waals surface area contributed by atoms with Crippen molar-refractivity contribution in [3.8, 4) is 11.4 Å². The van der Waals surface area contributed by atoms with Gasteiger partial charge in [0.15, 0.2) is 0 Å². The number of hydrogen-bond donors (Lipinski definition) is 0. The Kier molecular flexibility index (Phi) is 5.20. The number of benzene rings is 2. The fourth-order valence-corrected chi connectivity index (χ4v) is 3.73. The second-order valence-corrected chi connectivity index (χ2v) is 7.37. The summed E-state index contributed by atoms with van der Waals surface area (Å²) in [5.41, 5.74) is -3.26. The second-order valence-electron chi connectivity index (χ2n) is 6.06. The van der Waals surface area contributed by atoms with Crippen molar-refractivity contribution >= 4 is 22.8 Å². The predicted molar refractivity (Wildman–Crippen MR) is 97.4 cm³/mol. The number of aromatic nitrogens is 2. The highest BCUT2D eigenvalue weighted by Gasteiger charge is 2.57. The summed E-state index contributed by atoms with van der Waals surface area (Å²) in [6.45, 7) is -0.166. The van der Waals surface area contributed by atoms with E-state index >= 15 is 0 Å². The molecule has 144 valence electrons. The molecule has 2 nitrogen and oxygen atoms in total. The Balaban J connectivity index is 2.18. The molecular formula is C19H17F5N2S. The van der Waals surface area contributed by atoms with Gasteiger partial charge in [-0.15, -0.1) is 11.8 Å². The normalized spacial score (nSPS) is 14.5. The molecule has 2 aromatic carbocycles. The summed E-state index contributed by atoms with van der Waals surface area (Å²) in [7, 11) is 1.64. The molecule has 27 heavy (non-hydrogen) atoms. The predicted octanol–water partition coefficient (Wildman–Crippen LogP) is 6.05. The van der Waals surface area contributed by atoms with Gasteiger partial charge in [-0.05, 0) is 24.0 Å². The average molecular weight is 400 g/mol. The van der Waals surface area contributed by atoms with Gasteiger partial charge in [0.1, 0.15) is 12.5 Å². The van der Waals surface area contributed by atoms with Crippen molar-refractivity contribution in [2.24, 2.45) is 7.05 Å². The summed E-state index contributed by atoms with van der Waals surface area (Å²) in [6.07, 6.45) is -5.35. The van der Waals surface area contributed by atoms with E-state index in [2.05, 4.69) is 4.98 Å². The number of imidazole rings is 1. The third-order valence-electron chi connectivity index (χ3n) is 4.40. The number of thioether (sulfide) groups is 1. The molecule has 3 rings (SSSR count). The van der Waals surface area contributed by atoms with Crippen molar-refractivity contribution in [2.75, 3.05) is 12.4 Å². The molecule has 0 spiro atoms. The van der Waals surface area contributed by atoms with Crippen molar-refractivity contribution in [3.05, 3.63) is 48.0 Å². The number of rotatable bonds is 5. The van der Waals surface area contributed by atoms with E-state index in [0.717, 1.165) is 28.3 Å². The van der Waals surface area contributed by atoms with Gasteiger partial charge in [-0.2, -0.15) is 13.2 Å². The zero-order chi connectivity index (χ0) is 19.8. The van der Waals surface area contributed by atoms with Crippen LogP contribution in [-0.2, 0) is 12.7 Å². The van der Waals surface area contributed by atoms with Crippen molar-refractivity contribution in [1.29, 1.82) is 0 Å². The first-order chi connectivity index (χ1) is 12.7. The molecule has 1 aromatic heterocycles. The standard InChI is InChI=1S/C19H17F5N2S/c1-3-27-16-7-5-4-6-13(16)17-25-14-9-8-12(10-15(14)26(17)2)18(21,11-20)19(22,23)24/h4-10H,3,11H2,1-2H3. The van der Waals surface area contributed by atoms with Crippen LogP contribution >= 0.6 is 11.8 Å². The Morgan fingerprint density at radius 1 is 1.07 bits per heavy atom. The van der Waals surface area contributed by atoms with Crippen LogP contribution in [0.2, 0.25) is 0 Å². The van der Waals surface area contributed by atoms with Crippen LogP contribution in [0.1, 0.15) is 12.5 Å².